The molecule has 0 unspecified atom stereocenters. The van der Waals surface area contributed by atoms with Crippen molar-refractivity contribution < 1.29 is 9.66 Å². The maximum Gasteiger partial charge on any atom is 0.269 e. The molecule has 4 nitrogen and oxygen atoms in total. The minimum Gasteiger partial charge on any atom is -0.377 e. The Morgan fingerprint density at radius 2 is 2.12 bits per heavy atom. The monoisotopic (exact) mass is 285 g/mol. The molecule has 0 spiro atoms. The average Bonchev–Trinajstić information content (AvgIpc) is 2.77. The molecule has 1 fully saturated rings. The van der Waals surface area contributed by atoms with Crippen molar-refractivity contribution in [1.29, 1.82) is 0 Å². The number of nitro groups is 1. The molecule has 0 aromatic heterocycles. The van der Waals surface area contributed by atoms with Crippen LogP contribution in [0.25, 0.3) is 0 Å². The van der Waals surface area contributed by atoms with E-state index < -0.39 is 0 Å². The van der Waals surface area contributed by atoms with E-state index in [2.05, 4.69) is 15.9 Å². The van der Waals surface area contributed by atoms with Gasteiger partial charge in [0.2, 0.25) is 0 Å². The Morgan fingerprint density at radius 1 is 1.44 bits per heavy atom. The fraction of sp³-hybridized carbons (Fsp3) is 0.455. The number of benzene rings is 1. The number of alkyl halides is 1. The number of hydrogen-bond donors (Lipinski definition) is 0. The molecule has 1 heterocycles. The Bertz CT molecular complexity index is 379. The minimum atomic E-state index is -0.379. The van der Waals surface area contributed by atoms with Crippen molar-refractivity contribution in [2.24, 2.45) is 0 Å². The van der Waals surface area contributed by atoms with E-state index in [9.17, 15) is 10.1 Å². The van der Waals surface area contributed by atoms with Gasteiger partial charge in [-0.2, -0.15) is 0 Å². The highest BCUT2D eigenvalue weighted by Gasteiger charge is 2.25. The van der Waals surface area contributed by atoms with Gasteiger partial charge >= 0.3 is 0 Å². The highest BCUT2D eigenvalue weighted by Crippen LogP contribution is 2.30. The maximum atomic E-state index is 10.5. The van der Waals surface area contributed by atoms with Crippen molar-refractivity contribution in [2.75, 3.05) is 11.9 Å². The van der Waals surface area contributed by atoms with Gasteiger partial charge in [-0.1, -0.05) is 28.1 Å². The summed E-state index contributed by atoms with van der Waals surface area (Å²) >= 11 is 3.39. The zero-order chi connectivity index (χ0) is 11.5. The molecule has 1 aliphatic rings. The van der Waals surface area contributed by atoms with Crippen LogP contribution in [0.5, 0.6) is 0 Å². The van der Waals surface area contributed by atoms with Gasteiger partial charge in [0.1, 0.15) is 0 Å². The number of nitrogens with zero attached hydrogens (tertiary/aromatic N) is 1. The number of nitro benzene ring substituents is 1. The molecule has 1 aliphatic heterocycles. The van der Waals surface area contributed by atoms with Crippen LogP contribution < -0.4 is 0 Å². The molecular formula is C11H12BrNO3. The fourth-order valence-corrected chi connectivity index (χ4v) is 2.36. The molecular weight excluding hydrogens is 274 g/mol. The van der Waals surface area contributed by atoms with Crippen LogP contribution in [0.4, 0.5) is 5.69 Å². The van der Waals surface area contributed by atoms with Crippen LogP contribution in [-0.4, -0.2) is 23.0 Å². The van der Waals surface area contributed by atoms with E-state index >= 15 is 0 Å². The highest BCUT2D eigenvalue weighted by atomic mass is 79.9. The van der Waals surface area contributed by atoms with Gasteiger partial charge in [-0.3, -0.25) is 10.1 Å². The Kier molecular flexibility index (Phi) is 3.56. The van der Waals surface area contributed by atoms with E-state index in [0.29, 0.717) is 12.5 Å². The van der Waals surface area contributed by atoms with Gasteiger partial charge < -0.3 is 4.74 Å². The van der Waals surface area contributed by atoms with Crippen LogP contribution in [0.15, 0.2) is 24.3 Å². The molecule has 0 saturated carbocycles. The van der Waals surface area contributed by atoms with Crippen LogP contribution in [0.1, 0.15) is 17.9 Å². The number of halogens is 1. The molecule has 1 saturated heterocycles. The van der Waals surface area contributed by atoms with Gasteiger partial charge in [-0.25, -0.2) is 0 Å². The molecule has 0 N–H and O–H groups in total. The number of non-ortho nitro benzene ring substituents is 1. The average molecular weight is 286 g/mol. The summed E-state index contributed by atoms with van der Waals surface area (Å²) in [6, 6.07) is 6.75. The number of rotatable bonds is 3. The summed E-state index contributed by atoms with van der Waals surface area (Å²) in [4.78, 5) is 10.1. The van der Waals surface area contributed by atoms with Crippen molar-refractivity contribution in [3.63, 3.8) is 0 Å². The van der Waals surface area contributed by atoms with Gasteiger partial charge in [0.15, 0.2) is 0 Å². The van der Waals surface area contributed by atoms with Gasteiger partial charge in [-0.05, 0) is 12.0 Å². The van der Waals surface area contributed by atoms with E-state index in [0.717, 1.165) is 17.3 Å². The predicted molar refractivity (Wildman–Crippen MR) is 64.0 cm³/mol. The fourth-order valence-electron chi connectivity index (χ4n) is 1.91. The predicted octanol–water partition coefficient (Wildman–Crippen LogP) is 2.86. The second-order valence-corrected chi connectivity index (χ2v) is 4.54. The Balaban J connectivity index is 2.08. The van der Waals surface area contributed by atoms with Crippen molar-refractivity contribution in [1.82, 2.24) is 0 Å². The first kappa shape index (κ1) is 11.5. The summed E-state index contributed by atoms with van der Waals surface area (Å²) in [5.74, 6) is 0.364. The first-order valence-electron chi connectivity index (χ1n) is 5.12. The van der Waals surface area contributed by atoms with E-state index in [-0.39, 0.29) is 16.7 Å². The molecule has 5 heteroatoms. The highest BCUT2D eigenvalue weighted by molar-refractivity contribution is 9.09. The Morgan fingerprint density at radius 3 is 2.62 bits per heavy atom. The smallest absolute Gasteiger partial charge is 0.269 e. The van der Waals surface area contributed by atoms with E-state index in [4.69, 9.17) is 4.74 Å². The molecule has 86 valence electrons. The molecule has 0 aliphatic carbocycles. The molecule has 16 heavy (non-hydrogen) atoms. The lowest BCUT2D eigenvalue weighted by Gasteiger charge is -2.07. The van der Waals surface area contributed by atoms with Gasteiger partial charge in [0.05, 0.1) is 17.6 Å². The third kappa shape index (κ3) is 2.41. The standard InChI is InChI=1S/C11H12BrNO3/c12-6-11-5-9(7-16-11)8-1-3-10(4-2-8)13(14)15/h1-4,9,11H,5-7H2/t9-,11-/m0/s1. The van der Waals surface area contributed by atoms with Crippen LogP contribution in [0.3, 0.4) is 0 Å². The van der Waals surface area contributed by atoms with Gasteiger partial charge in [0.25, 0.3) is 5.69 Å². The topological polar surface area (TPSA) is 52.4 Å². The van der Waals surface area contributed by atoms with Gasteiger partial charge in [0, 0.05) is 23.4 Å². The molecule has 1 aromatic rings. The second-order valence-electron chi connectivity index (χ2n) is 3.89. The lowest BCUT2D eigenvalue weighted by atomic mass is 9.96. The van der Waals surface area contributed by atoms with Crippen LogP contribution in [0.2, 0.25) is 0 Å². The lowest BCUT2D eigenvalue weighted by molar-refractivity contribution is -0.384. The van der Waals surface area contributed by atoms with Crippen molar-refractivity contribution in [3.8, 4) is 0 Å². The third-order valence-electron chi connectivity index (χ3n) is 2.83. The largest absolute Gasteiger partial charge is 0.377 e. The van der Waals surface area contributed by atoms with E-state index in [1.54, 1.807) is 12.1 Å². The Hall–Kier alpha value is -0.940. The SMILES string of the molecule is O=[N+]([O-])c1ccc([C@@H]2CO[C@H](CBr)C2)cc1. The van der Waals surface area contributed by atoms with Crippen LogP contribution in [-0.2, 0) is 4.74 Å². The zero-order valence-electron chi connectivity index (χ0n) is 8.64. The summed E-state index contributed by atoms with van der Waals surface area (Å²) in [6.07, 6.45) is 1.24. The van der Waals surface area contributed by atoms with Crippen molar-refractivity contribution in [2.45, 2.75) is 18.4 Å². The molecule has 2 atom stereocenters. The summed E-state index contributed by atoms with van der Waals surface area (Å²) in [6.45, 7) is 0.702. The summed E-state index contributed by atoms with van der Waals surface area (Å²) in [7, 11) is 0. The summed E-state index contributed by atoms with van der Waals surface area (Å²) < 4.78 is 5.57. The summed E-state index contributed by atoms with van der Waals surface area (Å²) in [5, 5.41) is 11.4. The first-order chi connectivity index (χ1) is 7.70. The quantitative estimate of drug-likeness (QED) is 0.487. The van der Waals surface area contributed by atoms with Crippen LogP contribution >= 0.6 is 15.9 Å². The maximum absolute atomic E-state index is 10.5. The molecule has 2 rings (SSSR count). The van der Waals surface area contributed by atoms with E-state index in [1.807, 2.05) is 12.1 Å². The molecule has 0 radical (unpaired) electrons. The van der Waals surface area contributed by atoms with Gasteiger partial charge in [-0.15, -0.1) is 0 Å². The molecule has 1 aromatic carbocycles. The lowest BCUT2D eigenvalue weighted by Crippen LogP contribution is -2.05. The van der Waals surface area contributed by atoms with Crippen molar-refractivity contribution >= 4 is 21.6 Å². The minimum absolute atomic E-state index is 0.139. The zero-order valence-corrected chi connectivity index (χ0v) is 10.2. The summed E-state index contributed by atoms with van der Waals surface area (Å²) in [5.41, 5.74) is 1.26. The normalized spacial score (nSPS) is 24.6. The first-order valence-corrected chi connectivity index (χ1v) is 6.24. The van der Waals surface area contributed by atoms with E-state index in [1.165, 1.54) is 0 Å². The van der Waals surface area contributed by atoms with Crippen LogP contribution in [0, 0.1) is 10.1 Å². The van der Waals surface area contributed by atoms with Crippen molar-refractivity contribution in [3.05, 3.63) is 39.9 Å². The second kappa shape index (κ2) is 4.93. The molecule has 0 amide bonds. The third-order valence-corrected chi connectivity index (χ3v) is 3.55. The number of ether oxygens (including phenoxy) is 1. The molecule has 0 bridgehead atoms. The number of hydrogen-bond acceptors (Lipinski definition) is 3. The Labute approximate surface area is 102 Å².